The first-order valence-corrected chi connectivity index (χ1v) is 9.96. The molecule has 1 aliphatic rings. The fourth-order valence-electron chi connectivity index (χ4n) is 3.33. The number of benzene rings is 2. The van der Waals surface area contributed by atoms with Crippen molar-refractivity contribution in [3.63, 3.8) is 0 Å². The monoisotopic (exact) mass is 416 g/mol. The van der Waals surface area contributed by atoms with Crippen LogP contribution in [0.25, 0.3) is 0 Å². The van der Waals surface area contributed by atoms with Crippen molar-refractivity contribution < 1.29 is 18.3 Å². The van der Waals surface area contributed by atoms with Gasteiger partial charge in [0.1, 0.15) is 5.75 Å². The van der Waals surface area contributed by atoms with E-state index in [9.17, 15) is 13.6 Å². The van der Waals surface area contributed by atoms with Gasteiger partial charge in [-0.05, 0) is 30.5 Å². The minimum atomic E-state index is -2.89. The molecule has 1 heterocycles. The highest BCUT2D eigenvalue weighted by Crippen LogP contribution is 2.21. The van der Waals surface area contributed by atoms with Gasteiger partial charge in [0.2, 0.25) is 5.91 Å². The lowest BCUT2D eigenvalue weighted by molar-refractivity contribution is -0.130. The number of hydrogen-bond donors (Lipinski definition) is 2. The van der Waals surface area contributed by atoms with Crippen LogP contribution in [0.1, 0.15) is 23.6 Å². The van der Waals surface area contributed by atoms with E-state index in [0.717, 1.165) is 6.42 Å². The van der Waals surface area contributed by atoms with E-state index >= 15 is 0 Å². The van der Waals surface area contributed by atoms with E-state index in [1.54, 1.807) is 18.2 Å². The molecule has 160 valence electrons. The first-order valence-electron chi connectivity index (χ1n) is 9.96. The number of nitrogens with zero attached hydrogens (tertiary/aromatic N) is 2. The summed E-state index contributed by atoms with van der Waals surface area (Å²) in [5, 5.41) is 6.10. The summed E-state index contributed by atoms with van der Waals surface area (Å²) in [5.74, 6) is 0.516. The van der Waals surface area contributed by atoms with Crippen LogP contribution in [0.2, 0.25) is 0 Å². The Hall–Kier alpha value is -3.16. The molecule has 0 saturated heterocycles. The first kappa shape index (κ1) is 21.5. The summed E-state index contributed by atoms with van der Waals surface area (Å²) in [6.07, 6.45) is 0.844. The molecule has 2 aromatic rings. The van der Waals surface area contributed by atoms with Crippen LogP contribution in [0.15, 0.2) is 53.5 Å². The summed E-state index contributed by atoms with van der Waals surface area (Å²) >= 11 is 0. The molecule has 0 radical (unpaired) electrons. The van der Waals surface area contributed by atoms with Crippen LogP contribution in [0.5, 0.6) is 5.75 Å². The molecule has 1 aliphatic heterocycles. The number of fused-ring (bicyclic) bond motifs is 1. The Morgan fingerprint density at radius 2 is 1.87 bits per heavy atom. The molecule has 0 fully saturated rings. The SMILES string of the molecule is CCNC(=NCc1ccccc1OC(F)F)NCC(=O)N1CCc2ccccc2C1. The molecular weight excluding hydrogens is 390 g/mol. The van der Waals surface area contributed by atoms with Gasteiger partial charge in [-0.2, -0.15) is 8.78 Å². The molecule has 3 rings (SSSR count). The predicted molar refractivity (Wildman–Crippen MR) is 111 cm³/mol. The van der Waals surface area contributed by atoms with Crippen LogP contribution in [0.4, 0.5) is 8.78 Å². The molecule has 30 heavy (non-hydrogen) atoms. The van der Waals surface area contributed by atoms with Gasteiger partial charge in [0.25, 0.3) is 0 Å². The number of carbonyl (C=O) groups excluding carboxylic acids is 1. The van der Waals surface area contributed by atoms with Crippen LogP contribution in [-0.4, -0.2) is 43.0 Å². The average Bonchev–Trinajstić information content (AvgIpc) is 2.75. The zero-order valence-corrected chi connectivity index (χ0v) is 16.9. The van der Waals surface area contributed by atoms with Crippen LogP contribution in [0.3, 0.4) is 0 Å². The highest BCUT2D eigenvalue weighted by molar-refractivity contribution is 5.86. The molecule has 2 N–H and O–H groups in total. The summed E-state index contributed by atoms with van der Waals surface area (Å²) < 4.78 is 29.7. The number of guanidine groups is 1. The second-order valence-corrected chi connectivity index (χ2v) is 6.87. The van der Waals surface area contributed by atoms with E-state index in [0.29, 0.717) is 31.2 Å². The lowest BCUT2D eigenvalue weighted by Crippen LogP contribution is -2.45. The van der Waals surface area contributed by atoms with Crippen molar-refractivity contribution in [2.45, 2.75) is 33.0 Å². The van der Waals surface area contributed by atoms with Crippen LogP contribution < -0.4 is 15.4 Å². The lowest BCUT2D eigenvalue weighted by Gasteiger charge is -2.29. The standard InChI is InChI=1S/C22H26F2N4O2/c1-2-25-22(26-13-17-8-5-6-10-19(17)30-21(23)24)27-14-20(29)28-12-11-16-7-3-4-9-18(16)15-28/h3-10,21H,2,11-15H2,1H3,(H2,25,26,27). The number of amides is 1. The van der Waals surface area contributed by atoms with Gasteiger partial charge in [0.15, 0.2) is 5.96 Å². The highest BCUT2D eigenvalue weighted by Gasteiger charge is 2.20. The van der Waals surface area contributed by atoms with Gasteiger partial charge in [0.05, 0.1) is 13.1 Å². The number of ether oxygens (including phenoxy) is 1. The van der Waals surface area contributed by atoms with Gasteiger partial charge < -0.3 is 20.3 Å². The minimum absolute atomic E-state index is 0.0171. The second-order valence-electron chi connectivity index (χ2n) is 6.87. The summed E-state index contributed by atoms with van der Waals surface area (Å²) in [6, 6.07) is 14.7. The molecule has 0 unspecified atom stereocenters. The zero-order valence-electron chi connectivity index (χ0n) is 16.9. The molecule has 0 saturated carbocycles. The third-order valence-electron chi connectivity index (χ3n) is 4.83. The number of aliphatic imine (C=N–C) groups is 1. The number of rotatable bonds is 7. The Morgan fingerprint density at radius 3 is 2.63 bits per heavy atom. The van der Waals surface area contributed by atoms with E-state index in [-0.39, 0.29) is 24.7 Å². The number of alkyl halides is 2. The number of para-hydroxylation sites is 1. The maximum Gasteiger partial charge on any atom is 0.387 e. The van der Waals surface area contributed by atoms with E-state index in [1.165, 1.54) is 17.2 Å². The maximum absolute atomic E-state index is 12.6. The van der Waals surface area contributed by atoms with E-state index < -0.39 is 6.61 Å². The molecule has 0 bridgehead atoms. The molecular formula is C22H26F2N4O2. The predicted octanol–water partition coefficient (Wildman–Crippen LogP) is 2.93. The normalized spacial score (nSPS) is 13.7. The molecule has 0 aliphatic carbocycles. The first-order chi connectivity index (χ1) is 14.6. The van der Waals surface area contributed by atoms with Gasteiger partial charge in [-0.3, -0.25) is 4.79 Å². The van der Waals surface area contributed by atoms with Crippen molar-refractivity contribution in [2.24, 2.45) is 4.99 Å². The molecule has 1 amide bonds. The van der Waals surface area contributed by atoms with Crippen molar-refractivity contribution in [1.29, 1.82) is 0 Å². The topological polar surface area (TPSA) is 66.0 Å². The highest BCUT2D eigenvalue weighted by atomic mass is 19.3. The fourth-order valence-corrected chi connectivity index (χ4v) is 3.33. The number of hydrogen-bond acceptors (Lipinski definition) is 3. The fraction of sp³-hybridized carbons (Fsp3) is 0.364. The number of carbonyl (C=O) groups is 1. The van der Waals surface area contributed by atoms with Gasteiger partial charge in [-0.25, -0.2) is 4.99 Å². The van der Waals surface area contributed by atoms with Crippen molar-refractivity contribution in [3.05, 3.63) is 65.2 Å². The van der Waals surface area contributed by atoms with Crippen LogP contribution in [-0.2, 0) is 24.3 Å². The molecule has 8 heteroatoms. The number of halogens is 2. The summed E-state index contributed by atoms with van der Waals surface area (Å²) in [4.78, 5) is 18.9. The third kappa shape index (κ3) is 5.92. The van der Waals surface area contributed by atoms with Gasteiger partial charge in [0, 0.05) is 25.2 Å². The summed E-state index contributed by atoms with van der Waals surface area (Å²) in [7, 11) is 0. The molecule has 6 nitrogen and oxygen atoms in total. The smallest absolute Gasteiger partial charge is 0.387 e. The van der Waals surface area contributed by atoms with Gasteiger partial charge in [-0.1, -0.05) is 42.5 Å². The van der Waals surface area contributed by atoms with Crippen LogP contribution >= 0.6 is 0 Å². The Balaban J connectivity index is 1.59. The molecule has 0 spiro atoms. The third-order valence-corrected chi connectivity index (χ3v) is 4.83. The molecule has 2 aromatic carbocycles. The minimum Gasteiger partial charge on any atom is -0.434 e. The van der Waals surface area contributed by atoms with Gasteiger partial charge in [-0.15, -0.1) is 0 Å². The zero-order chi connectivity index (χ0) is 21.3. The van der Waals surface area contributed by atoms with E-state index in [2.05, 4.69) is 26.4 Å². The Kier molecular flexibility index (Phi) is 7.59. The second kappa shape index (κ2) is 10.6. The molecule has 0 atom stereocenters. The average molecular weight is 416 g/mol. The number of nitrogens with one attached hydrogen (secondary N) is 2. The Morgan fingerprint density at radius 1 is 1.13 bits per heavy atom. The van der Waals surface area contributed by atoms with Crippen molar-refractivity contribution in [3.8, 4) is 5.75 Å². The van der Waals surface area contributed by atoms with E-state index in [4.69, 9.17) is 0 Å². The Labute approximate surface area is 174 Å². The van der Waals surface area contributed by atoms with Crippen LogP contribution in [0, 0.1) is 0 Å². The lowest BCUT2D eigenvalue weighted by atomic mass is 10.00. The largest absolute Gasteiger partial charge is 0.434 e. The van der Waals surface area contributed by atoms with Gasteiger partial charge >= 0.3 is 6.61 Å². The summed E-state index contributed by atoms with van der Waals surface area (Å²) in [5.41, 5.74) is 3.00. The van der Waals surface area contributed by atoms with Crippen molar-refractivity contribution >= 4 is 11.9 Å². The maximum atomic E-state index is 12.6. The quantitative estimate of drug-likeness (QED) is 0.538. The van der Waals surface area contributed by atoms with Crippen molar-refractivity contribution in [2.75, 3.05) is 19.6 Å². The molecule has 0 aromatic heterocycles. The van der Waals surface area contributed by atoms with E-state index in [1.807, 2.05) is 30.0 Å². The summed E-state index contributed by atoms with van der Waals surface area (Å²) in [6.45, 7) is 1.15. The Bertz CT molecular complexity index is 889. The van der Waals surface area contributed by atoms with Crippen molar-refractivity contribution in [1.82, 2.24) is 15.5 Å².